The molecule has 0 saturated carbocycles. The van der Waals surface area contributed by atoms with Crippen molar-refractivity contribution in [2.45, 2.75) is 11.2 Å². The molecular formula is C21H21FN2O4S. The average molecular weight is 416 g/mol. The highest BCUT2D eigenvalue weighted by atomic mass is 32.2. The number of anilines is 1. The Balaban J connectivity index is 1.84. The summed E-state index contributed by atoms with van der Waals surface area (Å²) in [7, 11) is 2.95. The van der Waals surface area contributed by atoms with Crippen LogP contribution < -0.4 is 10.2 Å². The van der Waals surface area contributed by atoms with Crippen LogP contribution in [0, 0.1) is 5.82 Å². The van der Waals surface area contributed by atoms with E-state index in [0.29, 0.717) is 16.2 Å². The summed E-state index contributed by atoms with van der Waals surface area (Å²) in [5.74, 6) is -1.13. The zero-order valence-electron chi connectivity index (χ0n) is 16.1. The van der Waals surface area contributed by atoms with Gasteiger partial charge in [0.15, 0.2) is 6.29 Å². The maximum Gasteiger partial charge on any atom is 0.265 e. The molecule has 1 N–H and O–H groups in total. The Kier molecular flexibility index (Phi) is 7.03. The van der Waals surface area contributed by atoms with Crippen LogP contribution in [0.15, 0.2) is 58.3 Å². The largest absolute Gasteiger partial charge is 0.354 e. The number of hydrogen-bond acceptors (Lipinski definition) is 5. The van der Waals surface area contributed by atoms with Crippen molar-refractivity contribution in [1.82, 2.24) is 5.32 Å². The van der Waals surface area contributed by atoms with Crippen molar-refractivity contribution in [2.75, 3.05) is 32.2 Å². The molecule has 2 aromatic rings. The SMILES string of the molecule is COC(CNC(=O)CN1C(=O)/C(=C/c2ccccc2F)Sc2ccccc21)OC. The van der Waals surface area contributed by atoms with E-state index in [1.54, 1.807) is 30.3 Å². The second-order valence-electron chi connectivity index (χ2n) is 6.20. The monoisotopic (exact) mass is 416 g/mol. The molecule has 1 heterocycles. The Labute approximate surface area is 172 Å². The van der Waals surface area contributed by atoms with Crippen LogP contribution in [0.5, 0.6) is 0 Å². The maximum absolute atomic E-state index is 14.1. The number of benzene rings is 2. The lowest BCUT2D eigenvalue weighted by Crippen LogP contribution is -2.44. The summed E-state index contributed by atoms with van der Waals surface area (Å²) < 4.78 is 24.1. The van der Waals surface area contributed by atoms with Crippen molar-refractivity contribution < 1.29 is 23.5 Å². The van der Waals surface area contributed by atoms with Crippen LogP contribution in [0.3, 0.4) is 0 Å². The first kappa shape index (κ1) is 21.0. The number of halogens is 1. The van der Waals surface area contributed by atoms with Crippen LogP contribution in [-0.2, 0) is 19.1 Å². The highest BCUT2D eigenvalue weighted by molar-refractivity contribution is 8.04. The molecule has 0 aliphatic carbocycles. The Morgan fingerprint density at radius 3 is 2.59 bits per heavy atom. The van der Waals surface area contributed by atoms with Crippen molar-refractivity contribution in [3.05, 3.63) is 64.8 Å². The van der Waals surface area contributed by atoms with Gasteiger partial charge in [0.05, 0.1) is 17.1 Å². The number of amides is 2. The third-order valence-corrected chi connectivity index (χ3v) is 5.39. The minimum atomic E-state index is -0.574. The van der Waals surface area contributed by atoms with E-state index in [1.807, 2.05) is 12.1 Å². The zero-order chi connectivity index (χ0) is 20.8. The summed E-state index contributed by atoms with van der Waals surface area (Å²) in [6.45, 7) is -0.0205. The van der Waals surface area contributed by atoms with E-state index >= 15 is 0 Å². The first-order valence-corrected chi connectivity index (χ1v) is 9.72. The summed E-state index contributed by atoms with van der Waals surface area (Å²) in [6.07, 6.45) is 0.935. The number of carbonyl (C=O) groups excluding carboxylic acids is 2. The van der Waals surface area contributed by atoms with E-state index in [1.165, 1.54) is 43.0 Å². The number of methoxy groups -OCH3 is 2. The first-order valence-electron chi connectivity index (χ1n) is 8.90. The molecule has 0 saturated heterocycles. The Morgan fingerprint density at radius 2 is 1.86 bits per heavy atom. The number of nitrogens with zero attached hydrogens (tertiary/aromatic N) is 1. The van der Waals surface area contributed by atoms with Gasteiger partial charge in [-0.15, -0.1) is 0 Å². The number of thioether (sulfide) groups is 1. The molecule has 29 heavy (non-hydrogen) atoms. The Morgan fingerprint density at radius 1 is 1.17 bits per heavy atom. The second kappa shape index (κ2) is 9.69. The molecule has 152 valence electrons. The summed E-state index contributed by atoms with van der Waals surface area (Å²) in [4.78, 5) is 28.0. The van der Waals surface area contributed by atoms with E-state index in [-0.39, 0.29) is 24.9 Å². The Hall–Kier alpha value is -2.68. The minimum absolute atomic E-state index is 0.155. The van der Waals surface area contributed by atoms with Gasteiger partial charge in [-0.1, -0.05) is 42.1 Å². The van der Waals surface area contributed by atoms with E-state index in [2.05, 4.69) is 5.32 Å². The van der Waals surface area contributed by atoms with Gasteiger partial charge in [-0.25, -0.2) is 4.39 Å². The molecule has 2 aromatic carbocycles. The van der Waals surface area contributed by atoms with Crippen LogP contribution in [0.4, 0.5) is 10.1 Å². The van der Waals surface area contributed by atoms with Gasteiger partial charge in [0.1, 0.15) is 12.4 Å². The van der Waals surface area contributed by atoms with Gasteiger partial charge >= 0.3 is 0 Å². The van der Waals surface area contributed by atoms with Crippen molar-refractivity contribution in [3.63, 3.8) is 0 Å². The third-order valence-electron chi connectivity index (χ3n) is 4.32. The first-order chi connectivity index (χ1) is 14.0. The molecule has 8 heteroatoms. The molecule has 3 rings (SSSR count). The molecule has 2 amide bonds. The summed E-state index contributed by atoms with van der Waals surface area (Å²) in [5, 5.41) is 2.69. The molecule has 0 aromatic heterocycles. The predicted molar refractivity (Wildman–Crippen MR) is 110 cm³/mol. The normalized spacial score (nSPS) is 15.0. The summed E-state index contributed by atoms with van der Waals surface area (Å²) in [5.41, 5.74) is 0.952. The fraction of sp³-hybridized carbons (Fsp3) is 0.238. The number of ether oxygens (including phenoxy) is 2. The Bertz CT molecular complexity index is 930. The maximum atomic E-state index is 14.1. The smallest absolute Gasteiger partial charge is 0.265 e. The van der Waals surface area contributed by atoms with Gasteiger partial charge in [-0.05, 0) is 24.3 Å². The van der Waals surface area contributed by atoms with E-state index in [0.717, 1.165) is 4.90 Å². The number of fused-ring (bicyclic) bond motifs is 1. The van der Waals surface area contributed by atoms with E-state index in [4.69, 9.17) is 9.47 Å². The average Bonchev–Trinajstić information content (AvgIpc) is 2.73. The second-order valence-corrected chi connectivity index (χ2v) is 7.28. The molecule has 0 bridgehead atoms. The molecule has 0 radical (unpaired) electrons. The van der Waals surface area contributed by atoms with Gasteiger partial charge in [0.2, 0.25) is 5.91 Å². The van der Waals surface area contributed by atoms with Crippen LogP contribution in [0.1, 0.15) is 5.56 Å². The standard InChI is InChI=1S/C21H21FN2O4S/c1-27-20(28-2)12-23-19(25)13-24-16-9-5-6-10-17(16)29-18(21(24)26)11-14-7-3-4-8-15(14)22/h3-11,20H,12-13H2,1-2H3,(H,23,25)/b18-11-. The number of para-hydroxylation sites is 1. The number of rotatable bonds is 7. The lowest BCUT2D eigenvalue weighted by molar-refractivity contribution is -0.127. The van der Waals surface area contributed by atoms with Gasteiger partial charge < -0.3 is 14.8 Å². The fourth-order valence-corrected chi connectivity index (χ4v) is 3.86. The molecular weight excluding hydrogens is 395 g/mol. The minimum Gasteiger partial charge on any atom is -0.354 e. The molecule has 1 aliphatic heterocycles. The highest BCUT2D eigenvalue weighted by Gasteiger charge is 2.30. The van der Waals surface area contributed by atoms with E-state index < -0.39 is 12.1 Å². The van der Waals surface area contributed by atoms with Crippen LogP contribution >= 0.6 is 11.8 Å². The highest BCUT2D eigenvalue weighted by Crippen LogP contribution is 2.42. The van der Waals surface area contributed by atoms with E-state index in [9.17, 15) is 14.0 Å². The van der Waals surface area contributed by atoms with Gasteiger partial charge in [-0.2, -0.15) is 0 Å². The quantitative estimate of drug-likeness (QED) is 0.555. The molecule has 0 spiro atoms. The molecule has 0 unspecified atom stereocenters. The third kappa shape index (κ3) is 5.03. The van der Waals surface area contributed by atoms with Crippen molar-refractivity contribution in [1.29, 1.82) is 0 Å². The number of carbonyl (C=O) groups is 2. The number of hydrogen-bond donors (Lipinski definition) is 1. The lowest BCUT2D eigenvalue weighted by Gasteiger charge is -2.30. The van der Waals surface area contributed by atoms with Gasteiger partial charge in [0, 0.05) is 24.7 Å². The summed E-state index contributed by atoms with van der Waals surface area (Å²) in [6, 6.07) is 13.5. The van der Waals surface area contributed by atoms with Crippen LogP contribution in [0.2, 0.25) is 0 Å². The molecule has 0 atom stereocenters. The lowest BCUT2D eigenvalue weighted by atomic mass is 10.2. The fourth-order valence-electron chi connectivity index (χ4n) is 2.81. The van der Waals surface area contributed by atoms with Crippen molar-refractivity contribution in [3.8, 4) is 0 Å². The van der Waals surface area contributed by atoms with Gasteiger partial charge in [-0.3, -0.25) is 14.5 Å². The predicted octanol–water partition coefficient (Wildman–Crippen LogP) is 3.04. The van der Waals surface area contributed by atoms with Crippen LogP contribution in [-0.4, -0.2) is 45.4 Å². The zero-order valence-corrected chi connectivity index (χ0v) is 16.9. The summed E-state index contributed by atoms with van der Waals surface area (Å²) >= 11 is 1.26. The van der Waals surface area contributed by atoms with Gasteiger partial charge in [0.25, 0.3) is 5.91 Å². The molecule has 6 nitrogen and oxygen atoms in total. The number of nitrogens with one attached hydrogen (secondary N) is 1. The topological polar surface area (TPSA) is 67.9 Å². The molecule has 0 fully saturated rings. The van der Waals surface area contributed by atoms with Crippen molar-refractivity contribution in [2.24, 2.45) is 0 Å². The van der Waals surface area contributed by atoms with Crippen LogP contribution in [0.25, 0.3) is 6.08 Å². The van der Waals surface area contributed by atoms with Crippen molar-refractivity contribution >= 4 is 35.3 Å². The molecule has 1 aliphatic rings.